The molecule has 2 aliphatic rings. The zero-order valence-corrected chi connectivity index (χ0v) is 28.1. The maximum Gasteiger partial charge on any atom is 0.156 e. The maximum atomic E-state index is 7.19. The first-order valence-corrected chi connectivity index (χ1v) is 17.9. The van der Waals surface area contributed by atoms with Crippen molar-refractivity contribution in [3.63, 3.8) is 0 Å². The summed E-state index contributed by atoms with van der Waals surface area (Å²) in [7, 11) is 0. The van der Waals surface area contributed by atoms with E-state index in [1.165, 1.54) is 66.0 Å². The molecule has 2 aromatic heterocycles. The lowest BCUT2D eigenvalue weighted by molar-refractivity contribution is 0.440. The Morgan fingerprint density at radius 3 is 1.69 bits per heavy atom. The highest BCUT2D eigenvalue weighted by Gasteiger charge is 2.51. The molecule has 12 rings (SSSR count). The molecule has 52 heavy (non-hydrogen) atoms. The van der Waals surface area contributed by atoms with Gasteiger partial charge in [0.25, 0.3) is 0 Å². The fourth-order valence-corrected chi connectivity index (χ4v) is 9.59. The maximum absolute atomic E-state index is 7.19. The number of rotatable bonds is 2. The standard InChI is InChI=1S/C49H30N2O/c1-2-14-31(15-3-1)50-43-23-11-7-19-36(43)38-30-32(26-29-45(38)50)51-44-24-12-6-18-35(44)37-27-28-42-48(47(37)51)52-46-25-13-10-22-41(46)49(42)39-20-8-4-16-33(39)34-17-5-9-21-40(34)49/h1-30H. The minimum Gasteiger partial charge on any atom is -0.454 e. The minimum atomic E-state index is -0.528. The molecule has 0 saturated carbocycles. The van der Waals surface area contributed by atoms with Gasteiger partial charge in [-0.15, -0.1) is 0 Å². The van der Waals surface area contributed by atoms with Crippen LogP contribution in [0.4, 0.5) is 0 Å². The van der Waals surface area contributed by atoms with Crippen LogP contribution in [0.2, 0.25) is 0 Å². The highest BCUT2D eigenvalue weighted by molar-refractivity contribution is 6.14. The molecule has 3 heteroatoms. The van der Waals surface area contributed by atoms with E-state index in [1.54, 1.807) is 0 Å². The van der Waals surface area contributed by atoms with Gasteiger partial charge in [0.15, 0.2) is 5.75 Å². The van der Waals surface area contributed by atoms with E-state index in [0.717, 1.165) is 33.9 Å². The van der Waals surface area contributed by atoms with Crippen molar-refractivity contribution in [2.24, 2.45) is 0 Å². The second-order valence-electron chi connectivity index (χ2n) is 14.0. The van der Waals surface area contributed by atoms with Crippen molar-refractivity contribution in [1.29, 1.82) is 0 Å². The SMILES string of the molecule is c1ccc(-n2c3ccccc3c3cc(-n4c5ccccc5c5ccc6c(c54)Oc4ccccc4C64c5ccccc5-c5ccccc54)ccc32)cc1. The second kappa shape index (κ2) is 10.1. The Labute approximate surface area is 300 Å². The Morgan fingerprint density at radius 2 is 0.942 bits per heavy atom. The monoisotopic (exact) mass is 662 g/mol. The quantitative estimate of drug-likeness (QED) is 0.180. The third-order valence-electron chi connectivity index (χ3n) is 11.6. The molecule has 0 saturated heterocycles. The lowest BCUT2D eigenvalue weighted by Gasteiger charge is -2.39. The van der Waals surface area contributed by atoms with Gasteiger partial charge in [0.1, 0.15) is 5.75 Å². The fraction of sp³-hybridized carbons (Fsp3) is 0.0204. The summed E-state index contributed by atoms with van der Waals surface area (Å²) in [5.74, 6) is 1.80. The summed E-state index contributed by atoms with van der Waals surface area (Å²) in [6.07, 6.45) is 0. The van der Waals surface area contributed by atoms with Gasteiger partial charge in [-0.1, -0.05) is 133 Å². The predicted octanol–water partition coefficient (Wildman–Crippen LogP) is 12.3. The minimum absolute atomic E-state index is 0.528. The van der Waals surface area contributed by atoms with Gasteiger partial charge in [-0.2, -0.15) is 0 Å². The molecule has 3 nitrogen and oxygen atoms in total. The van der Waals surface area contributed by atoms with Crippen LogP contribution in [0.5, 0.6) is 11.5 Å². The van der Waals surface area contributed by atoms with Crippen LogP contribution in [0.1, 0.15) is 22.3 Å². The molecular weight excluding hydrogens is 633 g/mol. The Bertz CT molecular complexity index is 3060. The molecule has 8 aromatic carbocycles. The molecule has 0 amide bonds. The molecule has 0 bridgehead atoms. The van der Waals surface area contributed by atoms with E-state index in [2.05, 4.69) is 191 Å². The van der Waals surface area contributed by atoms with Crippen LogP contribution in [-0.4, -0.2) is 9.13 Å². The van der Waals surface area contributed by atoms with Gasteiger partial charge in [0.2, 0.25) is 0 Å². The van der Waals surface area contributed by atoms with Gasteiger partial charge < -0.3 is 13.9 Å². The molecule has 1 aliphatic heterocycles. The van der Waals surface area contributed by atoms with Crippen LogP contribution in [0.3, 0.4) is 0 Å². The topological polar surface area (TPSA) is 19.1 Å². The number of benzene rings is 8. The normalized spacial score (nSPS) is 13.7. The number of fused-ring (bicyclic) bond motifs is 16. The first-order valence-electron chi connectivity index (χ1n) is 17.9. The van der Waals surface area contributed by atoms with E-state index in [4.69, 9.17) is 4.74 Å². The number of ether oxygens (including phenoxy) is 1. The summed E-state index contributed by atoms with van der Waals surface area (Å²) in [6, 6.07) is 66.3. The van der Waals surface area contributed by atoms with Crippen LogP contribution < -0.4 is 4.74 Å². The molecule has 10 aromatic rings. The highest BCUT2D eigenvalue weighted by atomic mass is 16.5. The van der Waals surface area contributed by atoms with Crippen molar-refractivity contribution in [1.82, 2.24) is 9.13 Å². The summed E-state index contributed by atoms with van der Waals surface area (Å²) in [4.78, 5) is 0. The van der Waals surface area contributed by atoms with Gasteiger partial charge >= 0.3 is 0 Å². The Kier molecular flexibility index (Phi) is 5.43. The largest absolute Gasteiger partial charge is 0.454 e. The van der Waals surface area contributed by atoms with Crippen LogP contribution >= 0.6 is 0 Å². The first-order chi connectivity index (χ1) is 25.8. The molecule has 0 radical (unpaired) electrons. The van der Waals surface area contributed by atoms with E-state index < -0.39 is 5.41 Å². The van der Waals surface area contributed by atoms with E-state index in [0.29, 0.717) is 0 Å². The summed E-state index contributed by atoms with van der Waals surface area (Å²) in [6.45, 7) is 0. The molecule has 0 atom stereocenters. The summed E-state index contributed by atoms with van der Waals surface area (Å²) in [5.41, 5.74) is 13.8. The smallest absolute Gasteiger partial charge is 0.156 e. The van der Waals surface area contributed by atoms with Crippen molar-refractivity contribution in [2.45, 2.75) is 5.41 Å². The second-order valence-corrected chi connectivity index (χ2v) is 14.0. The van der Waals surface area contributed by atoms with E-state index in [1.807, 2.05) is 0 Å². The summed E-state index contributed by atoms with van der Waals surface area (Å²) >= 11 is 0. The lowest BCUT2D eigenvalue weighted by Crippen LogP contribution is -2.32. The Balaban J connectivity index is 1.21. The van der Waals surface area contributed by atoms with Gasteiger partial charge in [0.05, 0.1) is 27.5 Å². The van der Waals surface area contributed by atoms with Crippen LogP contribution in [0.15, 0.2) is 182 Å². The van der Waals surface area contributed by atoms with E-state index in [9.17, 15) is 0 Å². The van der Waals surface area contributed by atoms with Crippen molar-refractivity contribution in [2.75, 3.05) is 0 Å². The highest BCUT2D eigenvalue weighted by Crippen LogP contribution is 2.63. The molecule has 3 heterocycles. The summed E-state index contributed by atoms with van der Waals surface area (Å²) in [5, 5.41) is 4.83. The Hall–Kier alpha value is -6.84. The summed E-state index contributed by atoms with van der Waals surface area (Å²) < 4.78 is 12.0. The van der Waals surface area contributed by atoms with Gasteiger partial charge in [-0.25, -0.2) is 0 Å². The lowest BCUT2D eigenvalue weighted by atomic mass is 9.66. The zero-order valence-electron chi connectivity index (χ0n) is 28.1. The molecule has 1 spiro atoms. The third kappa shape index (κ3) is 3.40. The van der Waals surface area contributed by atoms with Crippen LogP contribution in [-0.2, 0) is 5.41 Å². The molecule has 242 valence electrons. The number of aromatic nitrogens is 2. The molecule has 1 aliphatic carbocycles. The number of para-hydroxylation sites is 4. The van der Waals surface area contributed by atoms with Gasteiger partial charge in [-0.3, -0.25) is 0 Å². The number of hydrogen-bond acceptors (Lipinski definition) is 1. The fourth-order valence-electron chi connectivity index (χ4n) is 9.59. The number of nitrogens with zero attached hydrogens (tertiary/aromatic N) is 2. The average molecular weight is 663 g/mol. The van der Waals surface area contributed by atoms with E-state index >= 15 is 0 Å². The van der Waals surface area contributed by atoms with E-state index in [-0.39, 0.29) is 0 Å². The average Bonchev–Trinajstić information content (AvgIpc) is 3.83. The van der Waals surface area contributed by atoms with Crippen molar-refractivity contribution in [3.8, 4) is 34.0 Å². The predicted molar refractivity (Wildman–Crippen MR) is 212 cm³/mol. The van der Waals surface area contributed by atoms with Gasteiger partial charge in [0, 0.05) is 44.0 Å². The van der Waals surface area contributed by atoms with Crippen molar-refractivity contribution < 1.29 is 4.74 Å². The Morgan fingerprint density at radius 1 is 0.365 bits per heavy atom. The first kappa shape index (κ1) is 27.9. The van der Waals surface area contributed by atoms with Crippen molar-refractivity contribution in [3.05, 3.63) is 204 Å². The van der Waals surface area contributed by atoms with Gasteiger partial charge in [-0.05, 0) is 70.8 Å². The third-order valence-corrected chi connectivity index (χ3v) is 11.6. The molecule has 0 fully saturated rings. The number of hydrogen-bond donors (Lipinski definition) is 0. The van der Waals surface area contributed by atoms with Crippen molar-refractivity contribution >= 4 is 43.6 Å². The van der Waals surface area contributed by atoms with Crippen LogP contribution in [0.25, 0.3) is 66.1 Å². The molecule has 0 unspecified atom stereocenters. The molecule has 0 N–H and O–H groups in total. The zero-order chi connectivity index (χ0) is 34.0. The molecular formula is C49H30N2O. The van der Waals surface area contributed by atoms with Crippen LogP contribution in [0, 0.1) is 0 Å².